The van der Waals surface area contributed by atoms with Crippen LogP contribution in [0.1, 0.15) is 29.8 Å². The molecule has 3 heterocycles. The van der Waals surface area contributed by atoms with Crippen LogP contribution in [-0.4, -0.2) is 66.1 Å². The molecule has 164 valence electrons. The number of rotatable bonds is 9. The predicted molar refractivity (Wildman–Crippen MR) is 119 cm³/mol. The Hall–Kier alpha value is -1.61. The number of aromatic nitrogens is 3. The first-order chi connectivity index (χ1) is 14.7. The number of benzene rings is 1. The van der Waals surface area contributed by atoms with Gasteiger partial charge in [-0.3, -0.25) is 0 Å². The van der Waals surface area contributed by atoms with Crippen LogP contribution in [0.3, 0.4) is 0 Å². The molecule has 4 rings (SSSR count). The van der Waals surface area contributed by atoms with Gasteiger partial charge in [0.2, 0.25) is 0 Å². The number of quaternary nitrogens is 1. The van der Waals surface area contributed by atoms with E-state index in [1.54, 1.807) is 4.90 Å². The number of hydrogen-bond acceptors (Lipinski definition) is 6. The lowest BCUT2D eigenvalue weighted by atomic mass is 10.1. The van der Waals surface area contributed by atoms with Gasteiger partial charge < -0.3 is 24.3 Å². The summed E-state index contributed by atoms with van der Waals surface area (Å²) in [6.07, 6.45) is 2.53. The van der Waals surface area contributed by atoms with Gasteiger partial charge in [0.25, 0.3) is 0 Å². The minimum atomic E-state index is 0.269. The van der Waals surface area contributed by atoms with Gasteiger partial charge in [-0.2, -0.15) is 0 Å². The molecule has 0 aliphatic carbocycles. The molecule has 2 aliphatic heterocycles. The monoisotopic (exact) mass is 432 g/mol. The standard InChI is InChI=1S/C22H33N5O2S/c1-17-5-6-20(18(2)14-17)23-15-21-24-25-22(27(21)16-19-4-3-10-29-19)30-13-9-26-7-11-28-12-8-26/h5-6,14,19,23H,3-4,7-13,15-16H2,1-2H3/p+1/t19-/m0/s1. The second-order valence-corrected chi connectivity index (χ2v) is 9.34. The molecule has 7 nitrogen and oxygen atoms in total. The third kappa shape index (κ3) is 5.75. The minimum Gasteiger partial charge on any atom is -0.378 e. The summed E-state index contributed by atoms with van der Waals surface area (Å²) in [5.74, 6) is 2.02. The van der Waals surface area contributed by atoms with E-state index >= 15 is 0 Å². The van der Waals surface area contributed by atoms with Crippen LogP contribution < -0.4 is 10.2 Å². The minimum absolute atomic E-state index is 0.269. The lowest BCUT2D eigenvalue weighted by Gasteiger charge is -2.23. The molecule has 2 aliphatic rings. The highest BCUT2D eigenvalue weighted by Gasteiger charge is 2.22. The number of aryl methyl sites for hydroxylation is 2. The predicted octanol–water partition coefficient (Wildman–Crippen LogP) is 1.69. The fourth-order valence-corrected chi connectivity index (χ4v) is 5.12. The number of nitrogens with zero attached hydrogens (tertiary/aromatic N) is 3. The van der Waals surface area contributed by atoms with Gasteiger partial charge in [-0.25, -0.2) is 0 Å². The fraction of sp³-hybridized carbons (Fsp3) is 0.636. The molecule has 0 radical (unpaired) electrons. The lowest BCUT2D eigenvalue weighted by molar-refractivity contribution is -0.905. The second-order valence-electron chi connectivity index (χ2n) is 8.28. The third-order valence-corrected chi connectivity index (χ3v) is 6.88. The number of nitrogens with one attached hydrogen (secondary N) is 2. The molecule has 2 aromatic rings. The van der Waals surface area contributed by atoms with Crippen LogP contribution in [0, 0.1) is 13.8 Å². The molecule has 30 heavy (non-hydrogen) atoms. The van der Waals surface area contributed by atoms with E-state index in [9.17, 15) is 0 Å². The molecule has 0 bridgehead atoms. The molecule has 2 N–H and O–H groups in total. The van der Waals surface area contributed by atoms with E-state index < -0.39 is 0 Å². The van der Waals surface area contributed by atoms with Gasteiger partial charge in [-0.05, 0) is 38.3 Å². The average Bonchev–Trinajstić information content (AvgIpc) is 3.39. The van der Waals surface area contributed by atoms with Gasteiger partial charge in [0.15, 0.2) is 11.0 Å². The zero-order chi connectivity index (χ0) is 20.8. The first-order valence-corrected chi connectivity index (χ1v) is 12.1. The van der Waals surface area contributed by atoms with Crippen molar-refractivity contribution in [2.45, 2.75) is 51.0 Å². The highest BCUT2D eigenvalue weighted by molar-refractivity contribution is 7.99. The Morgan fingerprint density at radius 2 is 2.07 bits per heavy atom. The van der Waals surface area contributed by atoms with Crippen LogP contribution in [0.4, 0.5) is 5.69 Å². The molecule has 0 amide bonds. The Morgan fingerprint density at radius 1 is 1.20 bits per heavy atom. The molecular weight excluding hydrogens is 398 g/mol. The van der Waals surface area contributed by atoms with E-state index in [0.717, 1.165) is 81.3 Å². The summed E-state index contributed by atoms with van der Waals surface area (Å²) in [4.78, 5) is 1.62. The number of hydrogen-bond donors (Lipinski definition) is 2. The topological polar surface area (TPSA) is 65.6 Å². The van der Waals surface area contributed by atoms with Crippen molar-refractivity contribution in [3.8, 4) is 0 Å². The zero-order valence-corrected chi connectivity index (χ0v) is 19.0. The molecule has 2 fully saturated rings. The Balaban J connectivity index is 1.40. The molecule has 1 aromatic carbocycles. The smallest absolute Gasteiger partial charge is 0.191 e. The maximum absolute atomic E-state index is 5.91. The summed E-state index contributed by atoms with van der Waals surface area (Å²) < 4.78 is 13.6. The van der Waals surface area contributed by atoms with E-state index in [2.05, 4.69) is 52.1 Å². The summed E-state index contributed by atoms with van der Waals surface area (Å²) in [7, 11) is 0. The second kappa shape index (κ2) is 10.6. The van der Waals surface area contributed by atoms with Gasteiger partial charge in [-0.1, -0.05) is 29.5 Å². The highest BCUT2D eigenvalue weighted by atomic mass is 32.2. The van der Waals surface area contributed by atoms with Gasteiger partial charge >= 0.3 is 0 Å². The number of anilines is 1. The molecule has 1 aromatic heterocycles. The van der Waals surface area contributed by atoms with Gasteiger partial charge in [0, 0.05) is 12.3 Å². The van der Waals surface area contributed by atoms with Crippen LogP contribution in [-0.2, 0) is 22.6 Å². The van der Waals surface area contributed by atoms with Crippen LogP contribution in [0.15, 0.2) is 23.4 Å². The van der Waals surface area contributed by atoms with Crippen molar-refractivity contribution >= 4 is 17.4 Å². The number of ether oxygens (including phenoxy) is 2. The van der Waals surface area contributed by atoms with E-state index in [1.807, 2.05) is 11.8 Å². The fourth-order valence-electron chi connectivity index (χ4n) is 4.11. The molecule has 0 spiro atoms. The maximum Gasteiger partial charge on any atom is 0.191 e. The largest absolute Gasteiger partial charge is 0.378 e. The van der Waals surface area contributed by atoms with E-state index in [1.165, 1.54) is 11.1 Å². The highest BCUT2D eigenvalue weighted by Crippen LogP contribution is 2.22. The van der Waals surface area contributed by atoms with Crippen LogP contribution in [0.5, 0.6) is 0 Å². The van der Waals surface area contributed by atoms with E-state index in [-0.39, 0.29) is 6.10 Å². The van der Waals surface area contributed by atoms with Gasteiger partial charge in [0.1, 0.15) is 13.1 Å². The van der Waals surface area contributed by atoms with Crippen molar-refractivity contribution in [1.82, 2.24) is 14.8 Å². The lowest BCUT2D eigenvalue weighted by Crippen LogP contribution is -3.14. The first-order valence-electron chi connectivity index (χ1n) is 11.1. The zero-order valence-electron chi connectivity index (χ0n) is 18.2. The summed E-state index contributed by atoms with van der Waals surface area (Å²) >= 11 is 1.82. The van der Waals surface area contributed by atoms with Crippen molar-refractivity contribution in [2.24, 2.45) is 0 Å². The molecule has 8 heteroatoms. The summed E-state index contributed by atoms with van der Waals surface area (Å²) in [5, 5.41) is 13.6. The first kappa shape index (κ1) is 21.6. The maximum atomic E-state index is 5.91. The van der Waals surface area contributed by atoms with Crippen molar-refractivity contribution in [3.63, 3.8) is 0 Å². The normalized spacial score (nSPS) is 20.0. The average molecular weight is 433 g/mol. The third-order valence-electron chi connectivity index (χ3n) is 5.91. The number of morpholine rings is 1. The molecule has 1 atom stereocenters. The van der Waals surface area contributed by atoms with Gasteiger partial charge in [0.05, 0.1) is 44.7 Å². The van der Waals surface area contributed by atoms with Crippen molar-refractivity contribution < 1.29 is 14.4 Å². The van der Waals surface area contributed by atoms with Crippen molar-refractivity contribution in [2.75, 3.05) is 50.5 Å². The molecule has 0 saturated carbocycles. The Kier molecular flexibility index (Phi) is 7.65. The Morgan fingerprint density at radius 3 is 2.83 bits per heavy atom. The molecular formula is C22H34N5O2S+. The van der Waals surface area contributed by atoms with E-state index in [0.29, 0.717) is 6.54 Å². The molecule has 0 unspecified atom stereocenters. The van der Waals surface area contributed by atoms with Crippen LogP contribution in [0.2, 0.25) is 0 Å². The SMILES string of the molecule is Cc1ccc(NCc2nnc(SCC[NH+]3CCOCC3)n2C[C@@H]2CCCO2)c(C)c1. The van der Waals surface area contributed by atoms with Crippen LogP contribution >= 0.6 is 11.8 Å². The van der Waals surface area contributed by atoms with Crippen molar-refractivity contribution in [3.05, 3.63) is 35.2 Å². The van der Waals surface area contributed by atoms with E-state index in [4.69, 9.17) is 9.47 Å². The Labute approximate surface area is 183 Å². The van der Waals surface area contributed by atoms with Crippen LogP contribution in [0.25, 0.3) is 0 Å². The Bertz CT molecular complexity index is 816. The van der Waals surface area contributed by atoms with Gasteiger partial charge in [-0.15, -0.1) is 10.2 Å². The summed E-state index contributed by atoms with van der Waals surface area (Å²) in [6.45, 7) is 11.7. The molecule has 2 saturated heterocycles. The van der Waals surface area contributed by atoms with Crippen molar-refractivity contribution in [1.29, 1.82) is 0 Å². The summed E-state index contributed by atoms with van der Waals surface area (Å²) in [6, 6.07) is 6.49. The number of thioether (sulfide) groups is 1. The summed E-state index contributed by atoms with van der Waals surface area (Å²) in [5.41, 5.74) is 3.68. The quantitative estimate of drug-likeness (QED) is 0.588.